The van der Waals surface area contributed by atoms with Gasteiger partial charge in [0.05, 0.1) is 7.11 Å². The first-order valence-electron chi connectivity index (χ1n) is 8.60. The maximum atomic E-state index is 5.84. The Morgan fingerprint density at radius 1 is 1.05 bits per heavy atom. The number of rotatable bonds is 3. The van der Waals surface area contributed by atoms with Crippen LogP contribution in [0.5, 0.6) is 5.75 Å². The van der Waals surface area contributed by atoms with Crippen molar-refractivity contribution in [1.29, 1.82) is 0 Å². The van der Waals surface area contributed by atoms with Gasteiger partial charge in [0.25, 0.3) is 0 Å². The van der Waals surface area contributed by atoms with Gasteiger partial charge in [0.2, 0.25) is 0 Å². The molecular weight excluding hydrogens is 258 g/mol. The van der Waals surface area contributed by atoms with Crippen molar-refractivity contribution in [2.75, 3.05) is 20.2 Å². The number of piperidine rings is 1. The molecule has 0 amide bonds. The molecule has 1 aromatic rings. The molecule has 1 unspecified atom stereocenters. The normalized spacial score (nSPS) is 22.0. The van der Waals surface area contributed by atoms with E-state index < -0.39 is 0 Å². The van der Waals surface area contributed by atoms with E-state index in [1.54, 1.807) is 11.1 Å². The Morgan fingerprint density at radius 2 is 1.76 bits per heavy atom. The summed E-state index contributed by atoms with van der Waals surface area (Å²) in [5.41, 5.74) is 7.65. The molecule has 1 aromatic carbocycles. The number of benzene rings is 1. The second kappa shape index (κ2) is 6.39. The van der Waals surface area contributed by atoms with Crippen molar-refractivity contribution in [1.82, 2.24) is 5.32 Å². The molecule has 2 aliphatic rings. The molecule has 2 heteroatoms. The van der Waals surface area contributed by atoms with E-state index in [2.05, 4.69) is 19.2 Å². The van der Waals surface area contributed by atoms with E-state index >= 15 is 0 Å². The van der Waals surface area contributed by atoms with Gasteiger partial charge >= 0.3 is 0 Å². The highest BCUT2D eigenvalue weighted by Crippen LogP contribution is 2.38. The van der Waals surface area contributed by atoms with E-state index in [-0.39, 0.29) is 0 Å². The van der Waals surface area contributed by atoms with Crippen molar-refractivity contribution in [3.8, 4) is 5.75 Å². The van der Waals surface area contributed by atoms with Gasteiger partial charge in [0.1, 0.15) is 5.75 Å². The van der Waals surface area contributed by atoms with Gasteiger partial charge in [-0.15, -0.1) is 0 Å². The summed E-state index contributed by atoms with van der Waals surface area (Å²) in [5.74, 6) is 1.95. The van der Waals surface area contributed by atoms with Gasteiger partial charge in [-0.25, -0.2) is 0 Å². The molecule has 1 heterocycles. The second-order valence-corrected chi connectivity index (χ2v) is 6.84. The minimum absolute atomic E-state index is 0.771. The molecule has 3 rings (SSSR count). The van der Waals surface area contributed by atoms with Crippen molar-refractivity contribution in [2.24, 2.45) is 5.92 Å². The summed E-state index contributed by atoms with van der Waals surface area (Å²) in [6.45, 7) is 6.96. The fourth-order valence-corrected chi connectivity index (χ4v) is 4.36. The van der Waals surface area contributed by atoms with Crippen LogP contribution >= 0.6 is 0 Å². The average Bonchev–Trinajstić information content (AvgIpc) is 2.54. The third-order valence-electron chi connectivity index (χ3n) is 5.54. The molecular formula is C19H29NO. The lowest BCUT2D eigenvalue weighted by atomic mass is 9.80. The number of fused-ring (bicyclic) bond motifs is 1. The van der Waals surface area contributed by atoms with E-state index in [0.29, 0.717) is 0 Å². The van der Waals surface area contributed by atoms with Crippen LogP contribution in [0.25, 0.3) is 0 Å². The molecule has 0 aromatic heterocycles. The molecule has 21 heavy (non-hydrogen) atoms. The van der Waals surface area contributed by atoms with Crippen molar-refractivity contribution in [3.05, 3.63) is 27.8 Å². The van der Waals surface area contributed by atoms with Crippen molar-refractivity contribution < 1.29 is 4.74 Å². The number of methoxy groups -OCH3 is 1. The van der Waals surface area contributed by atoms with Crippen LogP contribution in [0.2, 0.25) is 0 Å². The Kier molecular flexibility index (Phi) is 4.54. The van der Waals surface area contributed by atoms with E-state index in [0.717, 1.165) is 5.92 Å². The second-order valence-electron chi connectivity index (χ2n) is 6.84. The van der Waals surface area contributed by atoms with Crippen molar-refractivity contribution in [2.45, 2.75) is 58.8 Å². The molecule has 1 atom stereocenters. The number of hydrogen-bond acceptors (Lipinski definition) is 2. The quantitative estimate of drug-likeness (QED) is 0.914. The summed E-state index contributed by atoms with van der Waals surface area (Å²) in [6, 6.07) is 0. The highest BCUT2D eigenvalue weighted by Gasteiger charge is 2.24. The van der Waals surface area contributed by atoms with Crippen LogP contribution in [0.1, 0.15) is 53.5 Å². The molecule has 0 bridgehead atoms. The molecule has 1 fully saturated rings. The number of nitrogens with one attached hydrogen (secondary N) is 1. The topological polar surface area (TPSA) is 21.3 Å². The van der Waals surface area contributed by atoms with Crippen LogP contribution in [0.4, 0.5) is 0 Å². The van der Waals surface area contributed by atoms with E-state index in [1.165, 1.54) is 80.5 Å². The van der Waals surface area contributed by atoms with E-state index in [4.69, 9.17) is 4.74 Å². The SMILES string of the molecule is COc1c(C)c2c(c(C)c1CC1CCCNC1)CCCC2. The smallest absolute Gasteiger partial charge is 0.125 e. The zero-order valence-electron chi connectivity index (χ0n) is 13.8. The molecule has 0 saturated carbocycles. The highest BCUT2D eigenvalue weighted by atomic mass is 16.5. The van der Waals surface area contributed by atoms with Crippen LogP contribution in [0, 0.1) is 19.8 Å². The summed E-state index contributed by atoms with van der Waals surface area (Å²) >= 11 is 0. The van der Waals surface area contributed by atoms with Gasteiger partial charge in [-0.05, 0) is 106 Å². The van der Waals surface area contributed by atoms with Crippen LogP contribution in [0.15, 0.2) is 0 Å². The largest absolute Gasteiger partial charge is 0.496 e. The summed E-state index contributed by atoms with van der Waals surface area (Å²) in [6.07, 6.45) is 9.04. The molecule has 116 valence electrons. The van der Waals surface area contributed by atoms with Crippen molar-refractivity contribution in [3.63, 3.8) is 0 Å². The van der Waals surface area contributed by atoms with Gasteiger partial charge in [-0.3, -0.25) is 0 Å². The van der Waals surface area contributed by atoms with Crippen LogP contribution in [-0.2, 0) is 19.3 Å². The zero-order valence-corrected chi connectivity index (χ0v) is 13.8. The van der Waals surface area contributed by atoms with Gasteiger partial charge in [-0.2, -0.15) is 0 Å². The lowest BCUT2D eigenvalue weighted by Crippen LogP contribution is -2.31. The van der Waals surface area contributed by atoms with Gasteiger partial charge in [0, 0.05) is 0 Å². The predicted molar refractivity (Wildman–Crippen MR) is 88.4 cm³/mol. The van der Waals surface area contributed by atoms with Crippen molar-refractivity contribution >= 4 is 0 Å². The van der Waals surface area contributed by atoms with Crippen LogP contribution < -0.4 is 10.1 Å². The van der Waals surface area contributed by atoms with Gasteiger partial charge < -0.3 is 10.1 Å². The Balaban J connectivity index is 1.99. The summed E-state index contributed by atoms with van der Waals surface area (Å²) < 4.78 is 5.84. The molecule has 1 N–H and O–H groups in total. The minimum atomic E-state index is 0.771. The minimum Gasteiger partial charge on any atom is -0.496 e. The maximum Gasteiger partial charge on any atom is 0.125 e. The molecule has 1 aliphatic heterocycles. The monoisotopic (exact) mass is 287 g/mol. The fraction of sp³-hybridized carbons (Fsp3) is 0.684. The maximum absolute atomic E-state index is 5.84. The lowest BCUT2D eigenvalue weighted by Gasteiger charge is -2.29. The number of hydrogen-bond donors (Lipinski definition) is 1. The Bertz CT molecular complexity index is 515. The molecule has 2 nitrogen and oxygen atoms in total. The summed E-state index contributed by atoms with van der Waals surface area (Å²) in [7, 11) is 1.85. The summed E-state index contributed by atoms with van der Waals surface area (Å²) in [4.78, 5) is 0. The molecule has 0 spiro atoms. The predicted octanol–water partition coefficient (Wildman–Crippen LogP) is 3.73. The Hall–Kier alpha value is -1.02. The van der Waals surface area contributed by atoms with Gasteiger partial charge in [-0.1, -0.05) is 0 Å². The zero-order chi connectivity index (χ0) is 14.8. The first-order valence-corrected chi connectivity index (χ1v) is 8.60. The summed E-state index contributed by atoms with van der Waals surface area (Å²) in [5, 5.41) is 3.55. The lowest BCUT2D eigenvalue weighted by molar-refractivity contribution is 0.362. The Labute approximate surface area is 129 Å². The van der Waals surface area contributed by atoms with Gasteiger partial charge in [0.15, 0.2) is 0 Å². The molecule has 1 aliphatic carbocycles. The van der Waals surface area contributed by atoms with E-state index in [1.807, 2.05) is 7.11 Å². The fourth-order valence-electron chi connectivity index (χ4n) is 4.36. The third-order valence-corrected chi connectivity index (χ3v) is 5.54. The molecule has 1 saturated heterocycles. The average molecular weight is 287 g/mol. The highest BCUT2D eigenvalue weighted by molar-refractivity contribution is 5.56. The first-order chi connectivity index (χ1) is 10.2. The number of ether oxygens (including phenoxy) is 1. The molecule has 0 radical (unpaired) electrons. The van der Waals surface area contributed by atoms with Crippen LogP contribution in [-0.4, -0.2) is 20.2 Å². The van der Waals surface area contributed by atoms with Crippen LogP contribution in [0.3, 0.4) is 0 Å². The standard InChI is InChI=1S/C19H29NO/c1-13-16-8-4-5-9-17(16)14(2)19(21-3)18(13)11-15-7-6-10-20-12-15/h15,20H,4-12H2,1-3H3. The third kappa shape index (κ3) is 2.83. The first kappa shape index (κ1) is 14.9. The van der Waals surface area contributed by atoms with E-state index in [9.17, 15) is 0 Å². The Morgan fingerprint density at radius 3 is 2.38 bits per heavy atom.